The largest absolute Gasteiger partial charge is 0.384 e. The maximum atomic E-state index is 12.3. The molecule has 2 aromatic rings. The molecular weight excluding hydrogens is 282 g/mol. The van der Waals surface area contributed by atoms with Crippen LogP contribution in [0.2, 0.25) is 0 Å². The molecule has 1 aromatic carbocycles. The molecule has 0 aliphatic carbocycles. The molecule has 0 fully saturated rings. The fraction of sp³-hybridized carbons (Fsp3) is 0.235. The second kappa shape index (κ2) is 7.07. The molecule has 0 unspecified atom stereocenters. The number of carbonyl (C=O) groups excluding carboxylic acids is 1. The molecular formula is C17H17NO2S. The number of thiophene rings is 1. The van der Waals surface area contributed by atoms with Crippen LogP contribution in [0.5, 0.6) is 0 Å². The highest BCUT2D eigenvalue weighted by Gasteiger charge is 2.11. The highest BCUT2D eigenvalue weighted by atomic mass is 32.1. The van der Waals surface area contributed by atoms with E-state index in [-0.39, 0.29) is 12.5 Å². The number of hydrogen-bond acceptors (Lipinski definition) is 3. The average molecular weight is 299 g/mol. The molecule has 0 saturated heterocycles. The Morgan fingerprint density at radius 3 is 2.81 bits per heavy atom. The lowest BCUT2D eigenvalue weighted by molar-refractivity contribution is 0.0950. The van der Waals surface area contributed by atoms with Crippen LogP contribution in [0.25, 0.3) is 0 Å². The molecule has 1 heterocycles. The Bertz CT molecular complexity index is 707. The molecule has 0 aliphatic rings. The van der Waals surface area contributed by atoms with E-state index in [2.05, 4.69) is 22.5 Å². The van der Waals surface area contributed by atoms with E-state index in [1.807, 2.05) is 25.3 Å². The number of nitrogens with one attached hydrogen (secondary N) is 1. The van der Waals surface area contributed by atoms with Gasteiger partial charge in [-0.25, -0.2) is 0 Å². The summed E-state index contributed by atoms with van der Waals surface area (Å²) in [6.45, 7) is 4.24. The van der Waals surface area contributed by atoms with E-state index in [1.54, 1.807) is 23.5 Å². The summed E-state index contributed by atoms with van der Waals surface area (Å²) in [7, 11) is 0. The van der Waals surface area contributed by atoms with Gasteiger partial charge in [0.15, 0.2) is 0 Å². The van der Waals surface area contributed by atoms with Gasteiger partial charge < -0.3 is 10.4 Å². The number of aliphatic hydroxyl groups is 1. The molecule has 4 heteroatoms. The standard InChI is InChI=1S/C17H17NO2S/c1-12-10-21-11-15(12)9-18-17(20)16-7-3-5-14(13(16)2)6-4-8-19/h3,5,7,10-11,19H,8-9H2,1-2H3,(H,18,20). The Morgan fingerprint density at radius 1 is 1.33 bits per heavy atom. The van der Waals surface area contributed by atoms with Gasteiger partial charge in [0.05, 0.1) is 0 Å². The fourth-order valence-corrected chi connectivity index (χ4v) is 2.85. The molecule has 2 rings (SSSR count). The van der Waals surface area contributed by atoms with E-state index in [4.69, 9.17) is 5.11 Å². The van der Waals surface area contributed by atoms with Gasteiger partial charge in [0.25, 0.3) is 5.91 Å². The normalized spacial score (nSPS) is 9.86. The van der Waals surface area contributed by atoms with Gasteiger partial charge in [-0.15, -0.1) is 0 Å². The molecule has 2 N–H and O–H groups in total. The summed E-state index contributed by atoms with van der Waals surface area (Å²) in [5.74, 6) is 5.36. The topological polar surface area (TPSA) is 49.3 Å². The number of aliphatic hydroxyl groups excluding tert-OH is 1. The lowest BCUT2D eigenvalue weighted by atomic mass is 10.0. The second-order valence-corrected chi connectivity index (χ2v) is 5.44. The van der Waals surface area contributed by atoms with E-state index in [1.165, 1.54) is 5.56 Å². The molecule has 1 amide bonds. The smallest absolute Gasteiger partial charge is 0.251 e. The van der Waals surface area contributed by atoms with Crippen molar-refractivity contribution in [2.24, 2.45) is 0 Å². The van der Waals surface area contributed by atoms with Gasteiger partial charge in [0.2, 0.25) is 0 Å². The Hall–Kier alpha value is -2.09. The minimum absolute atomic E-state index is 0.106. The third-order valence-corrected chi connectivity index (χ3v) is 4.19. The summed E-state index contributed by atoms with van der Waals surface area (Å²) < 4.78 is 0. The molecule has 0 spiro atoms. The minimum Gasteiger partial charge on any atom is -0.384 e. The summed E-state index contributed by atoms with van der Waals surface area (Å²) in [6, 6.07) is 5.44. The van der Waals surface area contributed by atoms with Crippen LogP contribution in [0.3, 0.4) is 0 Å². The van der Waals surface area contributed by atoms with Crippen molar-refractivity contribution in [1.82, 2.24) is 5.32 Å². The molecule has 21 heavy (non-hydrogen) atoms. The summed E-state index contributed by atoms with van der Waals surface area (Å²) in [5, 5.41) is 15.8. The third kappa shape index (κ3) is 3.72. The van der Waals surface area contributed by atoms with Crippen molar-refractivity contribution in [3.05, 3.63) is 56.8 Å². The molecule has 0 bridgehead atoms. The first-order valence-electron chi connectivity index (χ1n) is 6.62. The summed E-state index contributed by atoms with van der Waals surface area (Å²) >= 11 is 1.64. The van der Waals surface area contributed by atoms with Crippen LogP contribution >= 0.6 is 11.3 Å². The zero-order chi connectivity index (χ0) is 15.2. The Morgan fingerprint density at radius 2 is 2.14 bits per heavy atom. The van der Waals surface area contributed by atoms with Gasteiger partial charge in [-0.1, -0.05) is 17.9 Å². The van der Waals surface area contributed by atoms with Crippen LogP contribution < -0.4 is 5.32 Å². The van der Waals surface area contributed by atoms with Gasteiger partial charge in [-0.2, -0.15) is 11.3 Å². The molecule has 1 aromatic heterocycles. The number of carbonyl (C=O) groups is 1. The van der Waals surface area contributed by atoms with Gasteiger partial charge in [-0.3, -0.25) is 4.79 Å². The first-order valence-corrected chi connectivity index (χ1v) is 7.57. The van der Waals surface area contributed by atoms with Gasteiger partial charge in [-0.05, 0) is 53.4 Å². The predicted octanol–water partition coefficient (Wildman–Crippen LogP) is 2.64. The Kier molecular flexibility index (Phi) is 5.15. The second-order valence-electron chi connectivity index (χ2n) is 4.70. The maximum Gasteiger partial charge on any atom is 0.251 e. The van der Waals surface area contributed by atoms with E-state index in [0.717, 1.165) is 16.7 Å². The zero-order valence-electron chi connectivity index (χ0n) is 12.1. The Labute approximate surface area is 128 Å². The number of aryl methyl sites for hydroxylation is 1. The highest BCUT2D eigenvalue weighted by Crippen LogP contribution is 2.15. The maximum absolute atomic E-state index is 12.3. The van der Waals surface area contributed by atoms with Crippen LogP contribution in [0, 0.1) is 25.7 Å². The van der Waals surface area contributed by atoms with Gasteiger partial charge >= 0.3 is 0 Å². The van der Waals surface area contributed by atoms with Gasteiger partial charge in [0, 0.05) is 17.7 Å². The number of hydrogen-bond donors (Lipinski definition) is 2. The van der Waals surface area contributed by atoms with Crippen LogP contribution in [0.1, 0.15) is 32.6 Å². The predicted molar refractivity (Wildman–Crippen MR) is 85.4 cm³/mol. The minimum atomic E-state index is -0.187. The van der Waals surface area contributed by atoms with E-state index in [9.17, 15) is 4.79 Å². The monoisotopic (exact) mass is 299 g/mol. The van der Waals surface area contributed by atoms with Crippen molar-refractivity contribution < 1.29 is 9.90 Å². The van der Waals surface area contributed by atoms with Crippen LogP contribution in [0.15, 0.2) is 29.0 Å². The van der Waals surface area contributed by atoms with Crippen molar-refractivity contribution in [1.29, 1.82) is 0 Å². The summed E-state index contributed by atoms with van der Waals surface area (Å²) in [5.41, 5.74) is 4.55. The lowest BCUT2D eigenvalue weighted by Crippen LogP contribution is -2.23. The average Bonchev–Trinajstić information content (AvgIpc) is 2.89. The van der Waals surface area contributed by atoms with Crippen LogP contribution in [-0.4, -0.2) is 17.6 Å². The summed E-state index contributed by atoms with van der Waals surface area (Å²) in [6.07, 6.45) is 0. The molecule has 3 nitrogen and oxygen atoms in total. The van der Waals surface area contributed by atoms with Crippen LogP contribution in [0.4, 0.5) is 0 Å². The zero-order valence-corrected chi connectivity index (χ0v) is 12.9. The van der Waals surface area contributed by atoms with E-state index >= 15 is 0 Å². The lowest BCUT2D eigenvalue weighted by Gasteiger charge is -2.09. The number of rotatable bonds is 3. The van der Waals surface area contributed by atoms with E-state index < -0.39 is 0 Å². The Balaban J connectivity index is 2.14. The molecule has 0 atom stereocenters. The SMILES string of the molecule is Cc1cscc1CNC(=O)c1cccc(C#CCO)c1C. The number of benzene rings is 1. The van der Waals surface area contributed by atoms with Crippen molar-refractivity contribution in [3.8, 4) is 11.8 Å². The van der Waals surface area contributed by atoms with Crippen molar-refractivity contribution in [2.45, 2.75) is 20.4 Å². The van der Waals surface area contributed by atoms with Gasteiger partial charge in [0.1, 0.15) is 6.61 Å². The van der Waals surface area contributed by atoms with Crippen LogP contribution in [-0.2, 0) is 6.54 Å². The molecule has 0 radical (unpaired) electrons. The van der Waals surface area contributed by atoms with Crippen molar-refractivity contribution in [2.75, 3.05) is 6.61 Å². The fourth-order valence-electron chi connectivity index (χ4n) is 1.99. The first-order chi connectivity index (χ1) is 10.1. The highest BCUT2D eigenvalue weighted by molar-refractivity contribution is 7.08. The summed E-state index contributed by atoms with van der Waals surface area (Å²) in [4.78, 5) is 12.3. The first kappa shape index (κ1) is 15.3. The third-order valence-electron chi connectivity index (χ3n) is 3.28. The molecule has 108 valence electrons. The van der Waals surface area contributed by atoms with Crippen molar-refractivity contribution in [3.63, 3.8) is 0 Å². The molecule has 0 saturated carbocycles. The quantitative estimate of drug-likeness (QED) is 0.856. The molecule has 0 aliphatic heterocycles. The van der Waals surface area contributed by atoms with E-state index in [0.29, 0.717) is 12.1 Å². The van der Waals surface area contributed by atoms with Crippen molar-refractivity contribution >= 4 is 17.2 Å². The number of amides is 1.